The summed E-state index contributed by atoms with van der Waals surface area (Å²) in [6.45, 7) is 1.77. The minimum atomic E-state index is -0.805. The molecule has 0 aromatic carbocycles. The summed E-state index contributed by atoms with van der Waals surface area (Å²) in [6.07, 6.45) is 6.84. The van der Waals surface area contributed by atoms with E-state index in [0.29, 0.717) is 17.3 Å². The van der Waals surface area contributed by atoms with Crippen molar-refractivity contribution in [3.8, 4) is 11.6 Å². The van der Waals surface area contributed by atoms with E-state index in [4.69, 9.17) is 8.83 Å². The van der Waals surface area contributed by atoms with E-state index < -0.39 is 6.04 Å². The van der Waals surface area contributed by atoms with E-state index in [2.05, 4.69) is 20.7 Å². The third-order valence-electron chi connectivity index (χ3n) is 6.24. The van der Waals surface area contributed by atoms with Crippen LogP contribution in [-0.2, 0) is 22.7 Å². The monoisotopic (exact) mass is 508 g/mol. The molecule has 4 heterocycles. The van der Waals surface area contributed by atoms with Gasteiger partial charge in [0, 0.05) is 10.9 Å². The molecule has 188 valence electrons. The number of aromatic nitrogens is 4. The van der Waals surface area contributed by atoms with Gasteiger partial charge in [0.15, 0.2) is 5.76 Å². The fourth-order valence-electron chi connectivity index (χ4n) is 4.47. The lowest BCUT2D eigenvalue weighted by atomic mass is 9.95. The molecule has 4 aromatic heterocycles. The summed E-state index contributed by atoms with van der Waals surface area (Å²) in [7, 11) is 0. The fraction of sp³-hybridized carbons (Fsp3) is 0.400. The Hall–Kier alpha value is -3.73. The number of nitrogens with one attached hydrogen (secondary N) is 1. The predicted molar refractivity (Wildman–Crippen MR) is 132 cm³/mol. The molecule has 1 atom stereocenters. The number of hydrogen-bond acceptors (Lipinski definition) is 8. The number of amides is 2. The first-order valence-electron chi connectivity index (χ1n) is 12.1. The summed E-state index contributed by atoms with van der Waals surface area (Å²) < 4.78 is 11.1. The average molecular weight is 509 g/mol. The summed E-state index contributed by atoms with van der Waals surface area (Å²) in [5.41, 5.74) is 0. The first-order chi connectivity index (χ1) is 17.6. The second kappa shape index (κ2) is 10.9. The van der Waals surface area contributed by atoms with Crippen LogP contribution in [0.5, 0.6) is 0 Å². The van der Waals surface area contributed by atoms with Gasteiger partial charge in [-0.1, -0.05) is 25.3 Å². The molecule has 1 aliphatic rings. The van der Waals surface area contributed by atoms with E-state index in [0.717, 1.165) is 36.3 Å². The average Bonchev–Trinajstić information content (AvgIpc) is 3.68. The van der Waals surface area contributed by atoms with Gasteiger partial charge in [-0.3, -0.25) is 9.59 Å². The highest BCUT2D eigenvalue weighted by molar-refractivity contribution is 7.10. The van der Waals surface area contributed by atoms with Gasteiger partial charge < -0.3 is 19.1 Å². The summed E-state index contributed by atoms with van der Waals surface area (Å²) in [4.78, 5) is 30.8. The van der Waals surface area contributed by atoms with E-state index in [1.165, 1.54) is 27.5 Å². The van der Waals surface area contributed by atoms with Gasteiger partial charge in [0.2, 0.25) is 17.6 Å². The van der Waals surface area contributed by atoms with Crippen LogP contribution in [-0.4, -0.2) is 43.0 Å². The predicted octanol–water partition coefficient (Wildman–Crippen LogP) is 4.12. The van der Waals surface area contributed by atoms with Crippen LogP contribution in [0, 0.1) is 6.92 Å². The van der Waals surface area contributed by atoms with Gasteiger partial charge in [0.05, 0.1) is 12.8 Å². The maximum absolute atomic E-state index is 13.7. The number of rotatable bonds is 9. The van der Waals surface area contributed by atoms with E-state index in [1.54, 1.807) is 24.5 Å². The van der Waals surface area contributed by atoms with Crippen molar-refractivity contribution in [2.75, 3.05) is 0 Å². The lowest BCUT2D eigenvalue weighted by Gasteiger charge is -2.32. The Kier molecular flexibility index (Phi) is 7.26. The van der Waals surface area contributed by atoms with Crippen LogP contribution in [0.2, 0.25) is 0 Å². The first kappa shape index (κ1) is 24.0. The molecule has 0 spiro atoms. The standard InChI is InChI=1S/C25H28N6O4S/c1-17-11-12-20(35-17)24-27-29-31(28-24)16-22(32)30(15-19-9-5-13-34-19)23(21-10-6-14-36-21)25(33)26-18-7-3-2-4-8-18/h5-6,9-14,18,23H,2-4,7-8,15-16H2,1H3,(H,26,33)/t23-/m0/s1. The van der Waals surface area contributed by atoms with Gasteiger partial charge in [-0.05, 0) is 60.7 Å². The third-order valence-corrected chi connectivity index (χ3v) is 7.17. The zero-order valence-electron chi connectivity index (χ0n) is 20.0. The Morgan fingerprint density at radius 3 is 2.75 bits per heavy atom. The van der Waals surface area contributed by atoms with Crippen LogP contribution >= 0.6 is 11.3 Å². The van der Waals surface area contributed by atoms with Crippen molar-refractivity contribution in [1.82, 2.24) is 30.4 Å². The second-order valence-electron chi connectivity index (χ2n) is 8.92. The molecular weight excluding hydrogens is 480 g/mol. The molecule has 0 radical (unpaired) electrons. The molecule has 2 amide bonds. The van der Waals surface area contributed by atoms with Crippen molar-refractivity contribution >= 4 is 23.2 Å². The highest BCUT2D eigenvalue weighted by Gasteiger charge is 2.34. The summed E-state index contributed by atoms with van der Waals surface area (Å²) >= 11 is 1.44. The molecule has 0 unspecified atom stereocenters. The first-order valence-corrected chi connectivity index (χ1v) is 12.9. The zero-order valence-corrected chi connectivity index (χ0v) is 20.8. The molecule has 0 saturated heterocycles. The summed E-state index contributed by atoms with van der Waals surface area (Å²) in [5, 5.41) is 17.5. The molecule has 1 fully saturated rings. The number of aryl methyl sites for hydroxylation is 1. The minimum absolute atomic E-state index is 0.116. The Balaban J connectivity index is 1.40. The van der Waals surface area contributed by atoms with Crippen LogP contribution in [0.1, 0.15) is 54.5 Å². The molecule has 4 aromatic rings. The molecule has 5 rings (SSSR count). The Morgan fingerprint density at radius 1 is 1.19 bits per heavy atom. The number of carbonyl (C=O) groups is 2. The van der Waals surface area contributed by atoms with E-state index >= 15 is 0 Å². The zero-order chi connectivity index (χ0) is 24.9. The van der Waals surface area contributed by atoms with Crippen molar-refractivity contribution in [1.29, 1.82) is 0 Å². The number of tetrazole rings is 1. The highest BCUT2D eigenvalue weighted by atomic mass is 32.1. The largest absolute Gasteiger partial charge is 0.467 e. The number of hydrogen-bond donors (Lipinski definition) is 1. The van der Waals surface area contributed by atoms with Gasteiger partial charge in [0.1, 0.15) is 24.1 Å². The Labute approximate surface area is 212 Å². The topological polar surface area (TPSA) is 119 Å². The minimum Gasteiger partial charge on any atom is -0.467 e. The normalized spacial score (nSPS) is 15.0. The molecule has 11 heteroatoms. The quantitative estimate of drug-likeness (QED) is 0.361. The van der Waals surface area contributed by atoms with Gasteiger partial charge >= 0.3 is 0 Å². The van der Waals surface area contributed by atoms with Crippen molar-refractivity contribution in [3.63, 3.8) is 0 Å². The molecule has 36 heavy (non-hydrogen) atoms. The lowest BCUT2D eigenvalue weighted by Crippen LogP contribution is -2.47. The third kappa shape index (κ3) is 5.56. The fourth-order valence-corrected chi connectivity index (χ4v) is 5.30. The van der Waals surface area contributed by atoms with Gasteiger partial charge in [-0.2, -0.15) is 4.80 Å². The molecule has 1 N–H and O–H groups in total. The van der Waals surface area contributed by atoms with Gasteiger partial charge in [-0.25, -0.2) is 0 Å². The van der Waals surface area contributed by atoms with Gasteiger partial charge in [0.25, 0.3) is 0 Å². The van der Waals surface area contributed by atoms with E-state index in [9.17, 15) is 9.59 Å². The number of carbonyl (C=O) groups excluding carboxylic acids is 2. The molecular formula is C25H28N6O4S. The Bertz CT molecular complexity index is 1270. The SMILES string of the molecule is Cc1ccc(-c2nnn(CC(=O)N(Cc3ccco3)[C@H](C(=O)NC3CCCCC3)c3cccs3)n2)o1. The molecule has 1 aliphatic carbocycles. The maximum Gasteiger partial charge on any atom is 0.248 e. The smallest absolute Gasteiger partial charge is 0.248 e. The summed E-state index contributed by atoms with van der Waals surface area (Å²) in [5.74, 6) is 1.55. The maximum atomic E-state index is 13.7. The lowest BCUT2D eigenvalue weighted by molar-refractivity contribution is -0.143. The van der Waals surface area contributed by atoms with Crippen molar-refractivity contribution in [2.45, 2.75) is 64.2 Å². The van der Waals surface area contributed by atoms with Crippen LogP contribution < -0.4 is 5.32 Å². The van der Waals surface area contributed by atoms with Crippen LogP contribution in [0.4, 0.5) is 0 Å². The van der Waals surface area contributed by atoms with Crippen LogP contribution in [0.25, 0.3) is 11.6 Å². The molecule has 10 nitrogen and oxygen atoms in total. The molecule has 0 bridgehead atoms. The van der Waals surface area contributed by atoms with Crippen molar-refractivity contribution < 1.29 is 18.4 Å². The van der Waals surface area contributed by atoms with Crippen LogP contribution in [0.3, 0.4) is 0 Å². The summed E-state index contributed by atoms with van der Waals surface area (Å²) in [6, 6.07) is 10.2. The molecule has 1 saturated carbocycles. The van der Waals surface area contributed by atoms with Crippen molar-refractivity contribution in [2.24, 2.45) is 0 Å². The number of thiophene rings is 1. The molecule has 0 aliphatic heterocycles. The van der Waals surface area contributed by atoms with Crippen LogP contribution in [0.15, 0.2) is 56.9 Å². The highest BCUT2D eigenvalue weighted by Crippen LogP contribution is 2.29. The Morgan fingerprint density at radius 2 is 2.06 bits per heavy atom. The van der Waals surface area contributed by atoms with E-state index in [1.807, 2.05) is 30.5 Å². The number of furan rings is 2. The second-order valence-corrected chi connectivity index (χ2v) is 9.90. The van der Waals surface area contributed by atoms with E-state index in [-0.39, 0.29) is 30.9 Å². The number of nitrogens with zero attached hydrogens (tertiary/aromatic N) is 5. The van der Waals surface area contributed by atoms with Crippen molar-refractivity contribution in [3.05, 3.63) is 64.4 Å². The van der Waals surface area contributed by atoms with Gasteiger partial charge in [-0.15, -0.1) is 21.5 Å².